The molecule has 178 valence electrons. The van der Waals surface area contributed by atoms with Gasteiger partial charge >= 0.3 is 12.3 Å². The molecule has 0 unspecified atom stereocenters. The van der Waals surface area contributed by atoms with Crippen LogP contribution >= 0.6 is 0 Å². The normalized spacial score (nSPS) is 11.7. The number of carboxylic acids is 6. The zero-order valence-corrected chi connectivity index (χ0v) is 16.5. The summed E-state index contributed by atoms with van der Waals surface area (Å²) in [6, 6.07) is -3.63. The van der Waals surface area contributed by atoms with Crippen LogP contribution in [0.2, 0.25) is 0 Å². The summed E-state index contributed by atoms with van der Waals surface area (Å²) >= 11 is 0. The number of aliphatic carboxylic acids is 6. The molecule has 0 aliphatic heterocycles. The van der Waals surface area contributed by atoms with Gasteiger partial charge in [0.1, 0.15) is 0 Å². The summed E-state index contributed by atoms with van der Waals surface area (Å²) in [6.45, 7) is 0. The van der Waals surface area contributed by atoms with Crippen LogP contribution in [-0.4, -0.2) is 53.9 Å². The standard InChI is InChI=1S/3C5H9NO4.2N/c3*6-3(5(9)10)1-2-4(7)8;;/h3*3H,1-2,6H2,(H,7,8)(H,9,10);;/q;;;2*+3/p-6/t3*3-;;/m000../s1. The van der Waals surface area contributed by atoms with E-state index in [4.69, 9.17) is 17.2 Å². The highest BCUT2D eigenvalue weighted by molar-refractivity contribution is 5.73. The molecule has 0 saturated heterocycles. The van der Waals surface area contributed by atoms with E-state index >= 15 is 0 Å². The van der Waals surface area contributed by atoms with Crippen molar-refractivity contribution in [3.05, 3.63) is 0 Å². The quantitative estimate of drug-likeness (QED) is 0.241. The summed E-state index contributed by atoms with van der Waals surface area (Å²) in [4.78, 5) is 58.8. The van der Waals surface area contributed by atoms with Gasteiger partial charge in [-0.05, 0) is 38.5 Å². The Bertz CT molecular complexity index is 521. The lowest BCUT2D eigenvalue weighted by Crippen LogP contribution is -2.42. The average molecular weight is 463 g/mol. The van der Waals surface area contributed by atoms with Gasteiger partial charge in [0.15, 0.2) is 0 Å². The Morgan fingerprint density at radius 1 is 0.469 bits per heavy atom. The van der Waals surface area contributed by atoms with E-state index in [1.165, 1.54) is 0 Å². The molecule has 0 bridgehead atoms. The van der Waals surface area contributed by atoms with Gasteiger partial charge in [0.2, 0.25) is 0 Å². The molecule has 0 saturated carbocycles. The van der Waals surface area contributed by atoms with Gasteiger partial charge in [0.25, 0.3) is 0 Å². The van der Waals surface area contributed by atoms with Gasteiger partial charge in [-0.3, -0.25) is 0 Å². The largest absolute Gasteiger partial charge is 3.00 e. The number of nitrogens with two attached hydrogens (primary N) is 3. The molecular formula is C15H21N5O12. The lowest BCUT2D eigenvalue weighted by Gasteiger charge is -2.11. The molecule has 32 heavy (non-hydrogen) atoms. The molecule has 0 aromatic rings. The Hall–Kier alpha value is -3.88. The third-order valence-corrected chi connectivity index (χ3v) is 2.89. The summed E-state index contributed by atoms with van der Waals surface area (Å²) in [7, 11) is 0. The summed E-state index contributed by atoms with van der Waals surface area (Å²) in [6.07, 6.45) is -1.50. The van der Waals surface area contributed by atoms with E-state index in [1.807, 2.05) is 0 Å². The van der Waals surface area contributed by atoms with Crippen LogP contribution in [0.15, 0.2) is 0 Å². The first kappa shape index (κ1) is 38.7. The highest BCUT2D eigenvalue weighted by Gasteiger charge is 3.00. The van der Waals surface area contributed by atoms with Crippen LogP contribution in [0.25, 0.3) is 0 Å². The summed E-state index contributed by atoms with van der Waals surface area (Å²) < 4.78 is 0. The fraction of sp³-hybridized carbons (Fsp3) is 0.600. The summed E-state index contributed by atoms with van der Waals surface area (Å²) in [5.41, 5.74) is 14.7. The van der Waals surface area contributed by atoms with Crippen molar-refractivity contribution in [3.63, 3.8) is 0 Å². The van der Waals surface area contributed by atoms with E-state index in [2.05, 4.69) is 0 Å². The fourth-order valence-corrected chi connectivity index (χ4v) is 1.17. The maximum absolute atomic E-state index is 9.86. The van der Waals surface area contributed by atoms with Crippen molar-refractivity contribution in [2.75, 3.05) is 0 Å². The summed E-state index contributed by atoms with van der Waals surface area (Å²) in [5, 5.41) is 58.8. The molecule has 0 heterocycles. The first-order chi connectivity index (χ1) is 13.6. The predicted molar refractivity (Wildman–Crippen MR) is 85.9 cm³/mol. The first-order valence-corrected chi connectivity index (χ1v) is 8.10. The van der Waals surface area contributed by atoms with E-state index in [1.54, 1.807) is 0 Å². The molecule has 0 aromatic carbocycles. The number of hydrogen-bond acceptors (Lipinski definition) is 15. The molecule has 3 atom stereocenters. The molecule has 0 rings (SSSR count). The van der Waals surface area contributed by atoms with Crippen molar-refractivity contribution in [2.45, 2.75) is 56.7 Å². The molecule has 0 fully saturated rings. The van der Waals surface area contributed by atoms with Crippen LogP contribution in [0.1, 0.15) is 38.5 Å². The Morgan fingerprint density at radius 3 is 0.719 bits per heavy atom. The maximum atomic E-state index is 9.86. The Morgan fingerprint density at radius 2 is 0.625 bits per heavy atom. The molecule has 17 nitrogen and oxygen atoms in total. The topological polar surface area (TPSA) is 380 Å². The third kappa shape index (κ3) is 30.8. The Balaban J connectivity index is -0.000000110. The highest BCUT2D eigenvalue weighted by Crippen LogP contribution is 1.92. The molecule has 0 spiro atoms. The van der Waals surface area contributed by atoms with Crippen molar-refractivity contribution in [2.24, 2.45) is 17.2 Å². The Kier molecular flexibility index (Phi) is 26.4. The minimum atomic E-state index is -1.44. The van der Waals surface area contributed by atoms with Gasteiger partial charge < -0.3 is 76.6 Å². The van der Waals surface area contributed by atoms with E-state index in [0.29, 0.717) is 0 Å². The van der Waals surface area contributed by atoms with Gasteiger partial charge in [-0.15, -0.1) is 0 Å². The van der Waals surface area contributed by atoms with E-state index in [-0.39, 0.29) is 50.8 Å². The van der Waals surface area contributed by atoms with Gasteiger partial charge in [-0.1, -0.05) is 0 Å². The van der Waals surface area contributed by atoms with Crippen molar-refractivity contribution in [3.8, 4) is 0 Å². The predicted octanol–water partition coefficient (Wildman–Crippen LogP) is -11.2. The monoisotopic (exact) mass is 463 g/mol. The highest BCUT2D eigenvalue weighted by atomic mass is 16.4. The Labute approximate surface area is 182 Å². The van der Waals surface area contributed by atoms with Crippen LogP contribution in [-0.2, 0) is 28.8 Å². The molecule has 17 heteroatoms. The number of rotatable bonds is 12. The zero-order chi connectivity index (χ0) is 24.4. The molecular weight excluding hydrogens is 442 g/mol. The van der Waals surface area contributed by atoms with Gasteiger partial charge in [-0.25, -0.2) is 0 Å². The smallest absolute Gasteiger partial charge is 0.550 e. The van der Waals surface area contributed by atoms with Gasteiger partial charge in [0, 0.05) is 36.0 Å². The van der Waals surface area contributed by atoms with E-state index in [0.717, 1.165) is 0 Å². The number of carbonyl (C=O) groups is 6. The van der Waals surface area contributed by atoms with Crippen molar-refractivity contribution < 1.29 is 59.4 Å². The fourth-order valence-electron chi connectivity index (χ4n) is 1.17. The molecule has 0 amide bonds. The molecule has 6 N–H and O–H groups in total. The second kappa shape index (κ2) is 21.8. The van der Waals surface area contributed by atoms with Gasteiger partial charge in [0.05, 0.1) is 17.9 Å². The van der Waals surface area contributed by atoms with E-state index < -0.39 is 53.9 Å². The third-order valence-electron chi connectivity index (χ3n) is 2.89. The van der Waals surface area contributed by atoms with Crippen molar-refractivity contribution in [1.29, 1.82) is 0 Å². The number of carboxylic acid groups (broad SMARTS) is 6. The first-order valence-electron chi connectivity index (χ1n) is 8.10. The minimum absolute atomic E-state index is 0. The average Bonchev–Trinajstić information content (AvgIpc) is 2.62. The number of hydrogen-bond donors (Lipinski definition) is 3. The molecule has 4 radical (unpaired) electrons. The van der Waals surface area contributed by atoms with Crippen molar-refractivity contribution >= 4 is 35.8 Å². The second-order valence-electron chi connectivity index (χ2n) is 5.51. The lowest BCUT2D eigenvalue weighted by molar-refractivity contribution is -0.311. The van der Waals surface area contributed by atoms with Crippen LogP contribution in [0.5, 0.6) is 0 Å². The minimum Gasteiger partial charge on any atom is -0.550 e. The maximum Gasteiger partial charge on any atom is 3.00 e. The van der Waals surface area contributed by atoms with Crippen LogP contribution < -0.4 is 60.1 Å². The zero-order valence-electron chi connectivity index (χ0n) is 16.5. The second-order valence-corrected chi connectivity index (χ2v) is 5.51. The van der Waals surface area contributed by atoms with Crippen molar-refractivity contribution in [1.82, 2.24) is 12.3 Å². The van der Waals surface area contributed by atoms with Crippen LogP contribution in [0.4, 0.5) is 0 Å². The summed E-state index contributed by atoms with van der Waals surface area (Å²) in [5.74, 6) is -8.26. The lowest BCUT2D eigenvalue weighted by atomic mass is 10.2. The van der Waals surface area contributed by atoms with E-state index in [9.17, 15) is 59.4 Å². The number of nitrogens with zero attached hydrogens (tertiary/aromatic N) is 2. The van der Waals surface area contributed by atoms with Gasteiger partial charge in [-0.2, -0.15) is 0 Å². The number of carbonyl (C=O) groups excluding carboxylic acids is 6. The molecule has 0 aliphatic rings. The SMILES string of the molecule is N[C@@H](CCC(=O)[O-])C(=O)[O-].N[C@@H](CCC(=O)[O-])C(=O)[O-].N[C@@H](CCC(=O)[O-])C(=O)[O-].[N+3].[N+3]. The van der Waals surface area contributed by atoms with Crippen LogP contribution in [0, 0.1) is 0 Å². The molecule has 0 aliphatic carbocycles. The molecule has 0 aromatic heterocycles. The van der Waals surface area contributed by atoms with Crippen LogP contribution in [0.3, 0.4) is 0 Å².